The van der Waals surface area contributed by atoms with Crippen molar-refractivity contribution in [1.82, 2.24) is 5.32 Å². The normalized spacial score (nSPS) is 50.4. The Hall–Kier alpha value is -0.710. The molecule has 4 fully saturated rings. The standard InChI is InChI=1S/C19H29NO3S/c1-18-10-8-16(21)20-14(18)5-3-11-12-4-6-15(24-17(22)23)19(12,2)9-7-13(11)18/h11-15H,3-10H2,1-2H3,(H,20,21)(H,22,23)/t11-,12-,13+,14?,15?,18+,19-/m0/s1. The Labute approximate surface area is 148 Å². The molecule has 134 valence electrons. The number of carboxylic acid groups (broad SMARTS) is 1. The van der Waals surface area contributed by atoms with Gasteiger partial charge < -0.3 is 10.4 Å². The molecule has 0 bridgehead atoms. The Balaban J connectivity index is 1.58. The van der Waals surface area contributed by atoms with E-state index in [1.807, 2.05) is 0 Å². The van der Waals surface area contributed by atoms with Gasteiger partial charge in [0, 0.05) is 17.7 Å². The van der Waals surface area contributed by atoms with Gasteiger partial charge in [-0.05, 0) is 85.3 Å². The number of rotatable bonds is 1. The Morgan fingerprint density at radius 3 is 2.58 bits per heavy atom. The summed E-state index contributed by atoms with van der Waals surface area (Å²) in [7, 11) is 0. The molecule has 0 aromatic rings. The molecule has 4 rings (SSSR count). The molecule has 3 saturated carbocycles. The van der Waals surface area contributed by atoms with E-state index >= 15 is 0 Å². The zero-order valence-corrected chi connectivity index (χ0v) is 15.5. The highest BCUT2D eigenvalue weighted by Crippen LogP contribution is 2.65. The van der Waals surface area contributed by atoms with Gasteiger partial charge in [-0.25, -0.2) is 4.79 Å². The second kappa shape index (κ2) is 5.65. The van der Waals surface area contributed by atoms with Gasteiger partial charge in [0.2, 0.25) is 5.91 Å². The molecule has 1 aliphatic heterocycles. The third-order valence-electron chi connectivity index (χ3n) is 8.25. The predicted octanol–water partition coefficient (Wildman–Crippen LogP) is 4.29. The maximum Gasteiger partial charge on any atom is 0.365 e. The van der Waals surface area contributed by atoms with Crippen molar-refractivity contribution in [3.8, 4) is 0 Å². The van der Waals surface area contributed by atoms with E-state index in [4.69, 9.17) is 0 Å². The van der Waals surface area contributed by atoms with Crippen LogP contribution in [0.25, 0.3) is 0 Å². The topological polar surface area (TPSA) is 66.4 Å². The molecule has 2 unspecified atom stereocenters. The van der Waals surface area contributed by atoms with Crippen molar-refractivity contribution in [2.24, 2.45) is 28.6 Å². The minimum Gasteiger partial charge on any atom is -0.473 e. The van der Waals surface area contributed by atoms with Gasteiger partial charge in [-0.1, -0.05) is 13.8 Å². The van der Waals surface area contributed by atoms with E-state index < -0.39 is 5.30 Å². The molecule has 3 aliphatic carbocycles. The van der Waals surface area contributed by atoms with Gasteiger partial charge in [-0.2, -0.15) is 0 Å². The molecule has 7 atom stereocenters. The zero-order chi connectivity index (χ0) is 17.1. The maximum atomic E-state index is 11.8. The summed E-state index contributed by atoms with van der Waals surface area (Å²) in [6.07, 6.45) is 8.62. The number of hydrogen-bond donors (Lipinski definition) is 2. The smallest absolute Gasteiger partial charge is 0.365 e. The van der Waals surface area contributed by atoms with Gasteiger partial charge >= 0.3 is 5.30 Å². The zero-order valence-electron chi connectivity index (χ0n) is 14.7. The lowest BCUT2D eigenvalue weighted by molar-refractivity contribution is -0.135. The van der Waals surface area contributed by atoms with Crippen molar-refractivity contribution in [2.45, 2.75) is 76.5 Å². The number of nitrogens with one attached hydrogen (secondary N) is 1. The van der Waals surface area contributed by atoms with Gasteiger partial charge in [0.25, 0.3) is 0 Å². The molecule has 0 aromatic heterocycles. The summed E-state index contributed by atoms with van der Waals surface area (Å²) in [6.45, 7) is 4.77. The number of carbonyl (C=O) groups excluding carboxylic acids is 1. The Kier molecular flexibility index (Phi) is 3.94. The van der Waals surface area contributed by atoms with Crippen LogP contribution in [0.5, 0.6) is 0 Å². The summed E-state index contributed by atoms with van der Waals surface area (Å²) in [4.78, 5) is 23.1. The predicted molar refractivity (Wildman–Crippen MR) is 95.0 cm³/mol. The Morgan fingerprint density at radius 2 is 1.83 bits per heavy atom. The van der Waals surface area contributed by atoms with Gasteiger partial charge in [0.05, 0.1) is 0 Å². The van der Waals surface area contributed by atoms with Crippen LogP contribution in [-0.2, 0) is 4.79 Å². The van der Waals surface area contributed by atoms with Crippen LogP contribution in [0, 0.1) is 28.6 Å². The fourth-order valence-electron chi connectivity index (χ4n) is 6.97. The molecule has 24 heavy (non-hydrogen) atoms. The van der Waals surface area contributed by atoms with Crippen LogP contribution in [-0.4, -0.2) is 27.6 Å². The molecular formula is C19H29NO3S. The summed E-state index contributed by atoms with van der Waals surface area (Å²) in [5.41, 5.74) is 0.432. The average Bonchev–Trinajstić information content (AvgIpc) is 2.84. The fraction of sp³-hybridized carbons (Fsp3) is 0.895. The van der Waals surface area contributed by atoms with Crippen molar-refractivity contribution < 1.29 is 14.7 Å². The highest BCUT2D eigenvalue weighted by atomic mass is 32.2. The lowest BCUT2D eigenvalue weighted by Crippen LogP contribution is -2.61. The van der Waals surface area contributed by atoms with E-state index in [1.165, 1.54) is 31.0 Å². The molecular weight excluding hydrogens is 322 g/mol. The molecule has 2 N–H and O–H groups in total. The number of carbonyl (C=O) groups is 2. The summed E-state index contributed by atoms with van der Waals surface area (Å²) < 4.78 is 0. The van der Waals surface area contributed by atoms with Crippen LogP contribution in [0.4, 0.5) is 4.79 Å². The van der Waals surface area contributed by atoms with Crippen LogP contribution in [0.2, 0.25) is 0 Å². The highest BCUT2D eigenvalue weighted by Gasteiger charge is 2.60. The number of fused-ring (bicyclic) bond motifs is 5. The molecule has 0 radical (unpaired) electrons. The fourth-order valence-corrected chi connectivity index (χ4v) is 8.03. The molecule has 0 spiro atoms. The highest BCUT2D eigenvalue weighted by molar-refractivity contribution is 8.13. The quantitative estimate of drug-likeness (QED) is 0.740. The molecule has 1 saturated heterocycles. The molecule has 5 heteroatoms. The largest absolute Gasteiger partial charge is 0.473 e. The first-order chi connectivity index (χ1) is 11.3. The monoisotopic (exact) mass is 351 g/mol. The van der Waals surface area contributed by atoms with Gasteiger partial charge in [0.1, 0.15) is 0 Å². The van der Waals surface area contributed by atoms with Crippen molar-refractivity contribution in [2.75, 3.05) is 0 Å². The van der Waals surface area contributed by atoms with Crippen LogP contribution in [0.15, 0.2) is 0 Å². The average molecular weight is 352 g/mol. The number of piperidine rings is 1. The number of thioether (sulfide) groups is 1. The van der Waals surface area contributed by atoms with Gasteiger partial charge in [-0.15, -0.1) is 0 Å². The van der Waals surface area contributed by atoms with E-state index in [2.05, 4.69) is 19.2 Å². The van der Waals surface area contributed by atoms with Crippen LogP contribution in [0.1, 0.15) is 65.2 Å². The van der Waals surface area contributed by atoms with E-state index in [1.54, 1.807) is 0 Å². The third-order valence-corrected chi connectivity index (χ3v) is 9.51. The van der Waals surface area contributed by atoms with Gasteiger partial charge in [-0.3, -0.25) is 4.79 Å². The maximum absolute atomic E-state index is 11.8. The van der Waals surface area contributed by atoms with Crippen molar-refractivity contribution in [3.63, 3.8) is 0 Å². The van der Waals surface area contributed by atoms with E-state index in [-0.39, 0.29) is 22.0 Å². The number of hydrogen-bond acceptors (Lipinski definition) is 3. The van der Waals surface area contributed by atoms with Crippen LogP contribution in [0.3, 0.4) is 0 Å². The molecule has 4 nitrogen and oxygen atoms in total. The number of amides is 1. The molecule has 1 amide bonds. The molecule has 0 aromatic carbocycles. The van der Waals surface area contributed by atoms with Crippen molar-refractivity contribution in [1.29, 1.82) is 0 Å². The molecule has 1 heterocycles. The summed E-state index contributed by atoms with van der Waals surface area (Å²) in [6, 6.07) is 0.356. The first-order valence-electron chi connectivity index (χ1n) is 9.53. The second-order valence-corrected chi connectivity index (χ2v) is 10.2. The summed E-state index contributed by atoms with van der Waals surface area (Å²) in [5.74, 6) is 2.32. The van der Waals surface area contributed by atoms with Crippen LogP contribution < -0.4 is 5.32 Å². The lowest BCUT2D eigenvalue weighted by Gasteiger charge is -2.60. The van der Waals surface area contributed by atoms with Gasteiger partial charge in [0.15, 0.2) is 0 Å². The summed E-state index contributed by atoms with van der Waals surface area (Å²) >= 11 is 1.17. The second-order valence-electron chi connectivity index (χ2n) is 9.07. The Bertz CT molecular complexity index is 567. The van der Waals surface area contributed by atoms with E-state index in [0.29, 0.717) is 24.3 Å². The van der Waals surface area contributed by atoms with E-state index in [0.717, 1.165) is 31.6 Å². The first kappa shape index (κ1) is 16.7. The first-order valence-corrected chi connectivity index (χ1v) is 10.4. The van der Waals surface area contributed by atoms with E-state index in [9.17, 15) is 14.7 Å². The lowest BCUT2D eigenvalue weighted by atomic mass is 9.48. The Morgan fingerprint density at radius 1 is 1.08 bits per heavy atom. The molecule has 4 aliphatic rings. The summed E-state index contributed by atoms with van der Waals surface area (Å²) in [5, 5.41) is 12.1. The minimum atomic E-state index is -0.713. The van der Waals surface area contributed by atoms with Crippen molar-refractivity contribution in [3.05, 3.63) is 0 Å². The minimum absolute atomic E-state index is 0.186. The SMILES string of the molecule is C[C@]12CCC(=O)NC1CC[C@@H]1[C@H]2CC[C@]2(C)C(SC(=O)O)CC[C@@H]12. The van der Waals surface area contributed by atoms with Crippen LogP contribution >= 0.6 is 11.8 Å². The van der Waals surface area contributed by atoms with Crippen molar-refractivity contribution >= 4 is 23.0 Å². The third kappa shape index (κ3) is 2.33.